The van der Waals surface area contributed by atoms with Crippen LogP contribution in [0.3, 0.4) is 0 Å². The average molecular weight is 168 g/mol. The van der Waals surface area contributed by atoms with E-state index in [2.05, 4.69) is 16.9 Å². The number of aromatic amines is 1. The Morgan fingerprint density at radius 2 is 2.45 bits per heavy atom. The summed E-state index contributed by atoms with van der Waals surface area (Å²) in [7, 11) is 0. The van der Waals surface area contributed by atoms with Crippen LogP contribution in [-0.4, -0.2) is 9.97 Å². The standard InChI is InChI=1S/C8H12N2S/c1-2-3-4-7-9-6-5-8(11)10-7/h5-6H,2-4H2,1H3,(H,9,10,11). The summed E-state index contributed by atoms with van der Waals surface area (Å²) in [6, 6.07) is 1.80. The van der Waals surface area contributed by atoms with Gasteiger partial charge in [0.1, 0.15) is 10.5 Å². The molecule has 60 valence electrons. The lowest BCUT2D eigenvalue weighted by molar-refractivity contribution is 0.750. The van der Waals surface area contributed by atoms with Gasteiger partial charge in [-0.25, -0.2) is 4.98 Å². The molecule has 0 bridgehead atoms. The molecule has 0 spiro atoms. The zero-order valence-corrected chi connectivity index (χ0v) is 7.45. The van der Waals surface area contributed by atoms with E-state index in [0.717, 1.165) is 16.9 Å². The maximum Gasteiger partial charge on any atom is 0.106 e. The summed E-state index contributed by atoms with van der Waals surface area (Å²) in [6.07, 6.45) is 5.12. The Bertz CT molecular complexity index is 267. The zero-order chi connectivity index (χ0) is 8.10. The van der Waals surface area contributed by atoms with Crippen LogP contribution in [0.2, 0.25) is 0 Å². The van der Waals surface area contributed by atoms with Crippen molar-refractivity contribution < 1.29 is 0 Å². The van der Waals surface area contributed by atoms with E-state index in [9.17, 15) is 0 Å². The predicted octanol–water partition coefficient (Wildman–Crippen LogP) is 2.48. The van der Waals surface area contributed by atoms with E-state index in [1.807, 2.05) is 0 Å². The van der Waals surface area contributed by atoms with Gasteiger partial charge in [-0.05, 0) is 12.5 Å². The van der Waals surface area contributed by atoms with Gasteiger partial charge in [0.25, 0.3) is 0 Å². The second-order valence-corrected chi connectivity index (χ2v) is 2.92. The maximum absolute atomic E-state index is 4.95. The number of aryl methyl sites for hydroxylation is 1. The molecule has 3 heteroatoms. The fourth-order valence-corrected chi connectivity index (χ4v) is 1.06. The monoisotopic (exact) mass is 168 g/mol. The molecule has 11 heavy (non-hydrogen) atoms. The number of H-pyrrole nitrogens is 1. The van der Waals surface area contributed by atoms with Crippen molar-refractivity contribution in [2.45, 2.75) is 26.2 Å². The molecule has 0 atom stereocenters. The minimum absolute atomic E-state index is 0.770. The molecule has 0 radical (unpaired) electrons. The predicted molar refractivity (Wildman–Crippen MR) is 48.0 cm³/mol. The minimum Gasteiger partial charge on any atom is -0.335 e. The molecule has 1 rings (SSSR count). The van der Waals surface area contributed by atoms with Crippen molar-refractivity contribution in [3.05, 3.63) is 22.7 Å². The summed E-state index contributed by atoms with van der Waals surface area (Å²) in [5, 5.41) is 0. The van der Waals surface area contributed by atoms with Gasteiger partial charge in [-0.1, -0.05) is 25.6 Å². The molecular formula is C8H12N2S. The number of hydrogen-bond acceptors (Lipinski definition) is 2. The highest BCUT2D eigenvalue weighted by atomic mass is 32.1. The van der Waals surface area contributed by atoms with Gasteiger partial charge in [0, 0.05) is 12.6 Å². The Kier molecular flexibility index (Phi) is 3.23. The van der Waals surface area contributed by atoms with Crippen LogP contribution in [0.5, 0.6) is 0 Å². The van der Waals surface area contributed by atoms with Crippen LogP contribution in [0.15, 0.2) is 12.3 Å². The van der Waals surface area contributed by atoms with Crippen molar-refractivity contribution in [1.82, 2.24) is 9.97 Å². The first kappa shape index (κ1) is 8.40. The highest BCUT2D eigenvalue weighted by molar-refractivity contribution is 7.71. The molecule has 0 aliphatic heterocycles. The summed E-state index contributed by atoms with van der Waals surface area (Å²) in [4.78, 5) is 7.20. The third-order valence-electron chi connectivity index (χ3n) is 1.49. The van der Waals surface area contributed by atoms with Crippen LogP contribution in [0, 0.1) is 4.64 Å². The summed E-state index contributed by atoms with van der Waals surface area (Å²) in [6.45, 7) is 2.16. The van der Waals surface area contributed by atoms with Crippen LogP contribution >= 0.6 is 12.2 Å². The molecule has 0 aliphatic rings. The van der Waals surface area contributed by atoms with E-state index >= 15 is 0 Å². The lowest BCUT2D eigenvalue weighted by Gasteiger charge is -1.96. The Labute approximate surface area is 71.7 Å². The number of nitrogens with zero attached hydrogens (tertiary/aromatic N) is 1. The van der Waals surface area contributed by atoms with Crippen molar-refractivity contribution in [2.75, 3.05) is 0 Å². The van der Waals surface area contributed by atoms with Crippen LogP contribution in [0.25, 0.3) is 0 Å². The number of rotatable bonds is 3. The normalized spacial score (nSPS) is 9.91. The van der Waals surface area contributed by atoms with E-state index in [4.69, 9.17) is 12.2 Å². The Morgan fingerprint density at radius 1 is 1.64 bits per heavy atom. The van der Waals surface area contributed by atoms with Gasteiger partial charge in [0.15, 0.2) is 0 Å². The molecule has 1 aromatic rings. The Morgan fingerprint density at radius 3 is 3.09 bits per heavy atom. The topological polar surface area (TPSA) is 28.7 Å². The van der Waals surface area contributed by atoms with Crippen molar-refractivity contribution >= 4 is 12.2 Å². The average Bonchev–Trinajstić information content (AvgIpc) is 2.01. The van der Waals surface area contributed by atoms with Crippen LogP contribution in [0.1, 0.15) is 25.6 Å². The molecule has 0 saturated heterocycles. The third-order valence-corrected chi connectivity index (χ3v) is 1.73. The molecule has 0 aromatic carbocycles. The summed E-state index contributed by atoms with van der Waals surface area (Å²) in [5.41, 5.74) is 0. The van der Waals surface area contributed by atoms with E-state index < -0.39 is 0 Å². The van der Waals surface area contributed by atoms with E-state index in [-0.39, 0.29) is 0 Å². The second kappa shape index (κ2) is 4.23. The molecule has 0 amide bonds. The number of nitrogens with one attached hydrogen (secondary N) is 1. The SMILES string of the molecule is CCCCc1nccc(=S)[nH]1. The van der Waals surface area contributed by atoms with Gasteiger partial charge in [-0.15, -0.1) is 0 Å². The second-order valence-electron chi connectivity index (χ2n) is 2.48. The van der Waals surface area contributed by atoms with Gasteiger partial charge in [0.05, 0.1) is 0 Å². The van der Waals surface area contributed by atoms with Gasteiger partial charge in [-0.3, -0.25) is 0 Å². The first-order chi connectivity index (χ1) is 5.33. The van der Waals surface area contributed by atoms with Gasteiger partial charge in [0.2, 0.25) is 0 Å². The first-order valence-corrected chi connectivity index (χ1v) is 4.28. The zero-order valence-electron chi connectivity index (χ0n) is 6.63. The number of aromatic nitrogens is 2. The maximum atomic E-state index is 4.95. The fraction of sp³-hybridized carbons (Fsp3) is 0.500. The van der Waals surface area contributed by atoms with Crippen LogP contribution in [0.4, 0.5) is 0 Å². The smallest absolute Gasteiger partial charge is 0.106 e. The number of hydrogen-bond donors (Lipinski definition) is 1. The molecule has 0 aliphatic carbocycles. The summed E-state index contributed by atoms with van der Waals surface area (Å²) < 4.78 is 0.770. The van der Waals surface area contributed by atoms with Crippen LogP contribution < -0.4 is 0 Å². The van der Waals surface area contributed by atoms with E-state index in [0.29, 0.717) is 0 Å². The van der Waals surface area contributed by atoms with Crippen molar-refractivity contribution in [3.63, 3.8) is 0 Å². The highest BCUT2D eigenvalue weighted by Crippen LogP contribution is 1.97. The lowest BCUT2D eigenvalue weighted by Crippen LogP contribution is -1.93. The van der Waals surface area contributed by atoms with Crippen molar-refractivity contribution in [1.29, 1.82) is 0 Å². The Hall–Kier alpha value is -0.700. The largest absolute Gasteiger partial charge is 0.335 e. The van der Waals surface area contributed by atoms with Crippen molar-refractivity contribution in [2.24, 2.45) is 0 Å². The van der Waals surface area contributed by atoms with Gasteiger partial charge >= 0.3 is 0 Å². The third kappa shape index (κ3) is 2.80. The lowest BCUT2D eigenvalue weighted by atomic mass is 10.2. The van der Waals surface area contributed by atoms with Gasteiger partial charge in [-0.2, -0.15) is 0 Å². The number of unbranched alkanes of at least 4 members (excludes halogenated alkanes) is 1. The van der Waals surface area contributed by atoms with Crippen LogP contribution in [-0.2, 0) is 6.42 Å². The summed E-state index contributed by atoms with van der Waals surface area (Å²) in [5.74, 6) is 0.999. The fourth-order valence-electron chi connectivity index (χ4n) is 0.882. The molecule has 2 nitrogen and oxygen atoms in total. The molecule has 1 N–H and O–H groups in total. The van der Waals surface area contributed by atoms with E-state index in [1.54, 1.807) is 12.3 Å². The molecule has 0 unspecified atom stereocenters. The molecule has 1 heterocycles. The summed E-state index contributed by atoms with van der Waals surface area (Å²) >= 11 is 4.95. The molecular weight excluding hydrogens is 156 g/mol. The first-order valence-electron chi connectivity index (χ1n) is 3.87. The van der Waals surface area contributed by atoms with Crippen molar-refractivity contribution in [3.8, 4) is 0 Å². The van der Waals surface area contributed by atoms with E-state index in [1.165, 1.54) is 12.8 Å². The molecule has 0 saturated carbocycles. The minimum atomic E-state index is 0.770. The van der Waals surface area contributed by atoms with Gasteiger partial charge < -0.3 is 4.98 Å². The highest BCUT2D eigenvalue weighted by Gasteiger charge is 1.91. The Balaban J connectivity index is 2.64. The molecule has 1 aromatic heterocycles. The molecule has 0 fully saturated rings. The quantitative estimate of drug-likeness (QED) is 0.702.